The van der Waals surface area contributed by atoms with Crippen molar-refractivity contribution in [3.8, 4) is 5.75 Å². The summed E-state index contributed by atoms with van der Waals surface area (Å²) in [6.07, 6.45) is 2.11. The molecule has 0 bridgehead atoms. The Labute approximate surface area is 140 Å². The second kappa shape index (κ2) is 7.35. The van der Waals surface area contributed by atoms with Gasteiger partial charge in [0.2, 0.25) is 10.0 Å². The highest BCUT2D eigenvalue weighted by molar-refractivity contribution is 7.89. The lowest BCUT2D eigenvalue weighted by Crippen LogP contribution is -2.38. The number of hydrogen-bond donors (Lipinski definition) is 2. The average Bonchev–Trinajstić information content (AvgIpc) is 3.22. The summed E-state index contributed by atoms with van der Waals surface area (Å²) < 4.78 is 31.8. The Morgan fingerprint density at radius 2 is 2.00 bits per heavy atom. The van der Waals surface area contributed by atoms with E-state index in [-0.39, 0.29) is 39.9 Å². The first-order valence-electron chi connectivity index (χ1n) is 6.13. The molecule has 1 aliphatic rings. The Morgan fingerprint density at radius 1 is 1.38 bits per heavy atom. The Hall–Kier alpha value is -0.240. The summed E-state index contributed by atoms with van der Waals surface area (Å²) in [5.41, 5.74) is 5.87. The van der Waals surface area contributed by atoms with Crippen LogP contribution in [-0.4, -0.2) is 28.1 Å². The molecule has 1 aromatic carbocycles. The molecule has 2 rings (SSSR count). The van der Waals surface area contributed by atoms with Crippen molar-refractivity contribution in [3.63, 3.8) is 0 Å². The van der Waals surface area contributed by atoms with E-state index in [1.54, 1.807) is 0 Å². The van der Waals surface area contributed by atoms with Crippen LogP contribution >= 0.6 is 35.6 Å². The molecule has 5 nitrogen and oxygen atoms in total. The Kier molecular flexibility index (Phi) is 6.58. The van der Waals surface area contributed by atoms with Crippen LogP contribution in [0.15, 0.2) is 17.0 Å². The maximum atomic E-state index is 12.2. The van der Waals surface area contributed by atoms with Gasteiger partial charge in [-0.1, -0.05) is 23.2 Å². The maximum absolute atomic E-state index is 12.2. The first-order valence-corrected chi connectivity index (χ1v) is 8.37. The zero-order valence-electron chi connectivity index (χ0n) is 11.3. The number of sulfonamides is 1. The lowest BCUT2D eigenvalue weighted by atomic mass is 10.2. The van der Waals surface area contributed by atoms with Gasteiger partial charge in [-0.15, -0.1) is 12.4 Å². The molecule has 1 aromatic rings. The fourth-order valence-corrected chi connectivity index (χ4v) is 3.77. The number of ether oxygens (including phenoxy) is 1. The number of halogens is 3. The largest absolute Gasteiger partial charge is 0.495 e. The highest BCUT2D eigenvalue weighted by Gasteiger charge is 2.30. The van der Waals surface area contributed by atoms with Crippen LogP contribution < -0.4 is 15.2 Å². The van der Waals surface area contributed by atoms with Crippen molar-refractivity contribution in [2.45, 2.75) is 23.8 Å². The summed E-state index contributed by atoms with van der Waals surface area (Å²) in [6.45, 7) is 0.187. The molecule has 0 radical (unpaired) electrons. The molecule has 0 saturated heterocycles. The molecule has 120 valence electrons. The maximum Gasteiger partial charge on any atom is 0.242 e. The van der Waals surface area contributed by atoms with Crippen LogP contribution in [0.4, 0.5) is 0 Å². The quantitative estimate of drug-likeness (QED) is 0.800. The Bertz CT molecular complexity index is 606. The topological polar surface area (TPSA) is 81.4 Å². The van der Waals surface area contributed by atoms with Crippen molar-refractivity contribution in [3.05, 3.63) is 22.2 Å². The number of rotatable bonds is 6. The number of nitrogens with two attached hydrogens (primary N) is 1. The Balaban J connectivity index is 0.00000220. The van der Waals surface area contributed by atoms with E-state index in [1.165, 1.54) is 19.2 Å². The van der Waals surface area contributed by atoms with Crippen molar-refractivity contribution in [2.75, 3.05) is 13.7 Å². The third-order valence-corrected chi connectivity index (χ3v) is 5.42. The predicted molar refractivity (Wildman–Crippen MR) is 86.1 cm³/mol. The standard InChI is InChI=1S/C12H16Cl2N2O3S.ClH/c1-19-11-4-9(14)12(5-8(11)13)20(17,18)16-6-10(15)7-2-3-7;/h4-5,7,10,16H,2-3,6,15H2,1H3;1H. The zero-order valence-corrected chi connectivity index (χ0v) is 14.5. The number of methoxy groups -OCH3 is 1. The second-order valence-corrected chi connectivity index (χ2v) is 7.32. The molecule has 3 N–H and O–H groups in total. The van der Waals surface area contributed by atoms with E-state index in [9.17, 15) is 8.42 Å². The number of nitrogens with one attached hydrogen (secondary N) is 1. The summed E-state index contributed by atoms with van der Waals surface area (Å²) in [5, 5.41) is 0.238. The van der Waals surface area contributed by atoms with Gasteiger partial charge in [0.25, 0.3) is 0 Å². The summed E-state index contributed by atoms with van der Waals surface area (Å²) in [6, 6.07) is 2.48. The monoisotopic (exact) mass is 374 g/mol. The fourth-order valence-electron chi connectivity index (χ4n) is 1.85. The van der Waals surface area contributed by atoms with Gasteiger partial charge < -0.3 is 10.5 Å². The number of benzene rings is 1. The molecule has 1 aliphatic carbocycles. The highest BCUT2D eigenvalue weighted by Crippen LogP contribution is 2.34. The van der Waals surface area contributed by atoms with Crippen LogP contribution in [0.1, 0.15) is 12.8 Å². The summed E-state index contributed by atoms with van der Waals surface area (Å²) in [7, 11) is -2.31. The molecular weight excluding hydrogens is 359 g/mol. The molecule has 1 fully saturated rings. The Morgan fingerprint density at radius 3 is 2.52 bits per heavy atom. The molecule has 0 aliphatic heterocycles. The zero-order chi connectivity index (χ0) is 14.9. The normalized spacial score (nSPS) is 16.2. The van der Waals surface area contributed by atoms with E-state index >= 15 is 0 Å². The predicted octanol–water partition coefficient (Wildman–Crippen LogP) is 2.44. The van der Waals surface area contributed by atoms with Crippen LogP contribution in [0.2, 0.25) is 10.0 Å². The first-order chi connectivity index (χ1) is 9.35. The molecule has 0 heterocycles. The molecular formula is C12H17Cl3N2O3S. The average molecular weight is 376 g/mol. The van der Waals surface area contributed by atoms with Gasteiger partial charge in [-0.2, -0.15) is 0 Å². The van der Waals surface area contributed by atoms with Gasteiger partial charge in [-0.25, -0.2) is 13.1 Å². The SMILES string of the molecule is COc1cc(Cl)c(S(=O)(=O)NCC(N)C2CC2)cc1Cl.Cl. The van der Waals surface area contributed by atoms with Crippen LogP contribution in [0.5, 0.6) is 5.75 Å². The van der Waals surface area contributed by atoms with Crippen molar-refractivity contribution in [1.82, 2.24) is 4.72 Å². The summed E-state index contributed by atoms with van der Waals surface area (Å²) in [5.74, 6) is 0.734. The highest BCUT2D eigenvalue weighted by atomic mass is 35.5. The van der Waals surface area contributed by atoms with Gasteiger partial charge in [0, 0.05) is 18.7 Å². The number of hydrogen-bond acceptors (Lipinski definition) is 4. The molecule has 0 aromatic heterocycles. The summed E-state index contributed by atoms with van der Waals surface area (Å²) >= 11 is 11.9. The molecule has 1 saturated carbocycles. The van der Waals surface area contributed by atoms with E-state index in [0.717, 1.165) is 12.8 Å². The third-order valence-electron chi connectivity index (χ3n) is 3.23. The van der Waals surface area contributed by atoms with Crippen LogP contribution in [0, 0.1) is 5.92 Å². The van der Waals surface area contributed by atoms with Gasteiger partial charge in [0.05, 0.1) is 17.2 Å². The van der Waals surface area contributed by atoms with E-state index < -0.39 is 10.0 Å². The minimum absolute atomic E-state index is 0. The summed E-state index contributed by atoms with van der Waals surface area (Å²) in [4.78, 5) is -0.0760. The molecule has 0 spiro atoms. The van der Waals surface area contributed by atoms with E-state index in [0.29, 0.717) is 11.7 Å². The first kappa shape index (κ1) is 18.8. The third kappa shape index (κ3) is 4.61. The minimum Gasteiger partial charge on any atom is -0.495 e. The van der Waals surface area contributed by atoms with Crippen LogP contribution in [-0.2, 0) is 10.0 Å². The van der Waals surface area contributed by atoms with Crippen molar-refractivity contribution in [2.24, 2.45) is 11.7 Å². The van der Waals surface area contributed by atoms with E-state index in [1.807, 2.05) is 0 Å². The fraction of sp³-hybridized carbons (Fsp3) is 0.500. The van der Waals surface area contributed by atoms with Gasteiger partial charge in [0.1, 0.15) is 10.6 Å². The van der Waals surface area contributed by atoms with Crippen molar-refractivity contribution >= 4 is 45.6 Å². The molecule has 21 heavy (non-hydrogen) atoms. The van der Waals surface area contributed by atoms with Gasteiger partial charge in [-0.05, 0) is 24.8 Å². The molecule has 9 heteroatoms. The van der Waals surface area contributed by atoms with Crippen LogP contribution in [0.3, 0.4) is 0 Å². The smallest absolute Gasteiger partial charge is 0.242 e. The van der Waals surface area contributed by atoms with E-state index in [4.69, 9.17) is 33.7 Å². The minimum atomic E-state index is -3.74. The van der Waals surface area contributed by atoms with E-state index in [2.05, 4.69) is 4.72 Å². The van der Waals surface area contributed by atoms with Crippen LogP contribution in [0.25, 0.3) is 0 Å². The van der Waals surface area contributed by atoms with Crippen molar-refractivity contribution < 1.29 is 13.2 Å². The molecule has 0 amide bonds. The lowest BCUT2D eigenvalue weighted by molar-refractivity contribution is 0.414. The van der Waals surface area contributed by atoms with Crippen molar-refractivity contribution in [1.29, 1.82) is 0 Å². The second-order valence-electron chi connectivity index (χ2n) is 4.77. The molecule has 1 atom stereocenters. The van der Waals surface area contributed by atoms with Gasteiger partial charge in [-0.3, -0.25) is 0 Å². The van der Waals surface area contributed by atoms with Gasteiger partial charge in [0.15, 0.2) is 0 Å². The molecule has 1 unspecified atom stereocenters. The lowest BCUT2D eigenvalue weighted by Gasteiger charge is -2.14. The van der Waals surface area contributed by atoms with Gasteiger partial charge >= 0.3 is 0 Å².